The van der Waals surface area contributed by atoms with Gasteiger partial charge in [0.15, 0.2) is 0 Å². The minimum atomic E-state index is -4.32. The molecular formula is C34H33Cl4N3O4S. The summed E-state index contributed by atoms with van der Waals surface area (Å²) in [6.07, 6.45) is 1.75. The summed E-state index contributed by atoms with van der Waals surface area (Å²) in [6, 6.07) is 25.2. The predicted molar refractivity (Wildman–Crippen MR) is 186 cm³/mol. The lowest BCUT2D eigenvalue weighted by atomic mass is 10.0. The standard InChI is InChI=1S/C34H33Cl4N3O4S/c1-2-3-19-39-34(43)32(20-24-11-6-4-7-12-24)40(22-27-28(36)15-10-16-29(27)37)33(42)23-41(31-18-17-25(35)21-30(31)38)46(44,45)26-13-8-5-9-14-26/h4-18,21,32H,2-3,19-20,22-23H2,1H3,(H,39,43). The zero-order chi connectivity index (χ0) is 33.3. The summed E-state index contributed by atoms with van der Waals surface area (Å²) >= 11 is 25.8. The molecule has 46 heavy (non-hydrogen) atoms. The molecular weight excluding hydrogens is 688 g/mol. The molecule has 4 aromatic rings. The fraction of sp³-hybridized carbons (Fsp3) is 0.235. The van der Waals surface area contributed by atoms with E-state index in [1.807, 2.05) is 37.3 Å². The number of carbonyl (C=O) groups is 2. The van der Waals surface area contributed by atoms with E-state index in [9.17, 15) is 18.0 Å². The lowest BCUT2D eigenvalue weighted by Gasteiger charge is -2.34. The number of benzene rings is 4. The maximum atomic E-state index is 14.6. The molecule has 1 atom stereocenters. The second-order valence-corrected chi connectivity index (χ2v) is 14.0. The van der Waals surface area contributed by atoms with Gasteiger partial charge in [0, 0.05) is 40.1 Å². The van der Waals surface area contributed by atoms with Crippen LogP contribution in [0.25, 0.3) is 0 Å². The van der Waals surface area contributed by atoms with Crippen LogP contribution in [0.4, 0.5) is 5.69 Å². The van der Waals surface area contributed by atoms with Crippen molar-refractivity contribution in [2.24, 2.45) is 0 Å². The van der Waals surface area contributed by atoms with E-state index < -0.39 is 34.4 Å². The molecule has 0 aliphatic heterocycles. The van der Waals surface area contributed by atoms with Gasteiger partial charge in [-0.2, -0.15) is 0 Å². The van der Waals surface area contributed by atoms with Crippen LogP contribution in [0.3, 0.4) is 0 Å². The third-order valence-electron chi connectivity index (χ3n) is 7.28. The molecule has 0 aliphatic carbocycles. The molecule has 0 heterocycles. The first-order chi connectivity index (χ1) is 22.0. The maximum Gasteiger partial charge on any atom is 0.264 e. The highest BCUT2D eigenvalue weighted by Crippen LogP contribution is 2.34. The Morgan fingerprint density at radius 1 is 0.804 bits per heavy atom. The van der Waals surface area contributed by atoms with Crippen LogP contribution in [0.15, 0.2) is 102 Å². The van der Waals surface area contributed by atoms with Crippen LogP contribution < -0.4 is 9.62 Å². The first-order valence-corrected chi connectivity index (χ1v) is 17.5. The molecule has 7 nitrogen and oxygen atoms in total. The highest BCUT2D eigenvalue weighted by molar-refractivity contribution is 7.92. The van der Waals surface area contributed by atoms with E-state index in [1.54, 1.807) is 36.4 Å². The molecule has 0 saturated carbocycles. The average Bonchev–Trinajstić information content (AvgIpc) is 3.04. The highest BCUT2D eigenvalue weighted by atomic mass is 35.5. The number of unbranched alkanes of at least 4 members (excludes halogenated alkanes) is 1. The van der Waals surface area contributed by atoms with Gasteiger partial charge in [-0.25, -0.2) is 8.42 Å². The van der Waals surface area contributed by atoms with Crippen molar-refractivity contribution >= 4 is 73.9 Å². The fourth-order valence-electron chi connectivity index (χ4n) is 4.83. The Morgan fingerprint density at radius 2 is 1.43 bits per heavy atom. The summed E-state index contributed by atoms with van der Waals surface area (Å²) in [7, 11) is -4.32. The number of nitrogens with one attached hydrogen (secondary N) is 1. The minimum Gasteiger partial charge on any atom is -0.354 e. The molecule has 1 unspecified atom stereocenters. The summed E-state index contributed by atoms with van der Waals surface area (Å²) in [4.78, 5) is 29.7. The van der Waals surface area contributed by atoms with Crippen molar-refractivity contribution in [1.82, 2.24) is 10.2 Å². The van der Waals surface area contributed by atoms with Gasteiger partial charge < -0.3 is 10.2 Å². The Morgan fingerprint density at radius 3 is 2.04 bits per heavy atom. The van der Waals surface area contributed by atoms with Gasteiger partial charge in [-0.3, -0.25) is 13.9 Å². The fourth-order valence-corrected chi connectivity index (χ4v) is 7.36. The van der Waals surface area contributed by atoms with Crippen LogP contribution >= 0.6 is 46.4 Å². The van der Waals surface area contributed by atoms with Gasteiger partial charge in [-0.1, -0.05) is 114 Å². The first-order valence-electron chi connectivity index (χ1n) is 14.6. The van der Waals surface area contributed by atoms with Gasteiger partial charge in [0.05, 0.1) is 15.6 Å². The van der Waals surface area contributed by atoms with E-state index >= 15 is 0 Å². The Kier molecular flexibility index (Phi) is 12.8. The predicted octanol–water partition coefficient (Wildman–Crippen LogP) is 8.05. The SMILES string of the molecule is CCCCNC(=O)C(Cc1ccccc1)N(Cc1c(Cl)cccc1Cl)C(=O)CN(c1ccc(Cl)cc1Cl)S(=O)(=O)c1ccccc1. The molecule has 0 aromatic heterocycles. The van der Waals surface area contributed by atoms with E-state index in [-0.39, 0.29) is 28.6 Å². The van der Waals surface area contributed by atoms with Gasteiger partial charge in [0.1, 0.15) is 12.6 Å². The first kappa shape index (κ1) is 35.6. The summed E-state index contributed by atoms with van der Waals surface area (Å²) in [5, 5.41) is 3.85. The van der Waals surface area contributed by atoms with Crippen LogP contribution in [0.2, 0.25) is 20.1 Å². The smallest absolute Gasteiger partial charge is 0.264 e. The van der Waals surface area contributed by atoms with Gasteiger partial charge in [0.25, 0.3) is 10.0 Å². The van der Waals surface area contributed by atoms with E-state index in [4.69, 9.17) is 46.4 Å². The lowest BCUT2D eigenvalue weighted by Crippen LogP contribution is -2.53. The third kappa shape index (κ3) is 8.96. The van der Waals surface area contributed by atoms with Crippen molar-refractivity contribution < 1.29 is 18.0 Å². The van der Waals surface area contributed by atoms with Crippen LogP contribution in [-0.4, -0.2) is 44.3 Å². The average molecular weight is 722 g/mol. The third-order valence-corrected chi connectivity index (χ3v) is 10.3. The zero-order valence-corrected chi connectivity index (χ0v) is 28.8. The summed E-state index contributed by atoms with van der Waals surface area (Å²) in [5.41, 5.74) is 1.27. The summed E-state index contributed by atoms with van der Waals surface area (Å²) < 4.78 is 29.1. The molecule has 4 rings (SSSR count). The second-order valence-electron chi connectivity index (χ2n) is 10.5. The van der Waals surface area contributed by atoms with Crippen LogP contribution in [0.5, 0.6) is 0 Å². The Bertz CT molecular complexity index is 1740. The molecule has 0 spiro atoms. The number of nitrogens with zero attached hydrogens (tertiary/aromatic N) is 2. The van der Waals surface area contributed by atoms with Gasteiger partial charge in [-0.15, -0.1) is 0 Å². The normalized spacial score (nSPS) is 11.9. The second kappa shape index (κ2) is 16.5. The molecule has 242 valence electrons. The molecule has 2 amide bonds. The molecule has 0 bridgehead atoms. The number of rotatable bonds is 14. The Balaban J connectivity index is 1.84. The summed E-state index contributed by atoms with van der Waals surface area (Å²) in [6.45, 7) is 1.56. The number of anilines is 1. The zero-order valence-electron chi connectivity index (χ0n) is 25.0. The van der Waals surface area contributed by atoms with Crippen molar-refractivity contribution in [2.45, 2.75) is 43.7 Å². The van der Waals surface area contributed by atoms with Crippen molar-refractivity contribution in [2.75, 3.05) is 17.4 Å². The van der Waals surface area contributed by atoms with Gasteiger partial charge in [-0.05, 0) is 54.4 Å². The van der Waals surface area contributed by atoms with E-state index in [1.165, 1.54) is 35.2 Å². The molecule has 1 N–H and O–H groups in total. The number of carbonyl (C=O) groups excluding carboxylic acids is 2. The van der Waals surface area contributed by atoms with Crippen molar-refractivity contribution in [3.8, 4) is 0 Å². The van der Waals surface area contributed by atoms with Crippen LogP contribution in [0, 0.1) is 0 Å². The van der Waals surface area contributed by atoms with Crippen molar-refractivity contribution in [3.05, 3.63) is 128 Å². The van der Waals surface area contributed by atoms with E-state index in [2.05, 4.69) is 5.32 Å². The van der Waals surface area contributed by atoms with Crippen LogP contribution in [-0.2, 0) is 32.6 Å². The Hall–Kier alpha value is -3.27. The molecule has 0 fully saturated rings. The molecule has 4 aromatic carbocycles. The highest BCUT2D eigenvalue weighted by Gasteiger charge is 2.35. The topological polar surface area (TPSA) is 86.8 Å². The van der Waals surface area contributed by atoms with Gasteiger partial charge in [0.2, 0.25) is 11.8 Å². The monoisotopic (exact) mass is 719 g/mol. The number of hydrogen-bond donors (Lipinski definition) is 1. The van der Waals surface area contributed by atoms with Crippen molar-refractivity contribution in [3.63, 3.8) is 0 Å². The lowest BCUT2D eigenvalue weighted by molar-refractivity contribution is -0.140. The largest absolute Gasteiger partial charge is 0.354 e. The maximum absolute atomic E-state index is 14.6. The van der Waals surface area contributed by atoms with Crippen LogP contribution in [0.1, 0.15) is 30.9 Å². The molecule has 12 heteroatoms. The summed E-state index contributed by atoms with van der Waals surface area (Å²) in [5.74, 6) is -1.07. The van der Waals surface area contributed by atoms with E-state index in [0.29, 0.717) is 27.2 Å². The number of hydrogen-bond acceptors (Lipinski definition) is 4. The van der Waals surface area contributed by atoms with E-state index in [0.717, 1.165) is 22.7 Å². The minimum absolute atomic E-state index is 0.0265. The quantitative estimate of drug-likeness (QED) is 0.134. The Labute approximate surface area is 290 Å². The number of amides is 2. The van der Waals surface area contributed by atoms with Gasteiger partial charge >= 0.3 is 0 Å². The molecule has 0 saturated heterocycles. The number of halogens is 4. The molecule has 0 aliphatic rings. The number of sulfonamides is 1. The van der Waals surface area contributed by atoms with Crippen molar-refractivity contribution in [1.29, 1.82) is 0 Å². The molecule has 0 radical (unpaired) electrons.